The number of rotatable bonds is 5. The van der Waals surface area contributed by atoms with Crippen molar-refractivity contribution in [2.45, 2.75) is 6.61 Å². The minimum absolute atomic E-state index is 0.188. The highest BCUT2D eigenvalue weighted by Gasteiger charge is 2.16. The molecule has 1 N–H and O–H groups in total. The van der Waals surface area contributed by atoms with Crippen molar-refractivity contribution in [2.24, 2.45) is 0 Å². The lowest BCUT2D eigenvalue weighted by Crippen LogP contribution is -2.11. The van der Waals surface area contributed by atoms with Gasteiger partial charge in [0.1, 0.15) is 5.75 Å². The average molecular weight is 330 g/mol. The van der Waals surface area contributed by atoms with Crippen LogP contribution in [-0.2, 0) is 11.4 Å². The first-order chi connectivity index (χ1) is 12.3. The van der Waals surface area contributed by atoms with Gasteiger partial charge >= 0.3 is 5.97 Å². The van der Waals surface area contributed by atoms with Crippen LogP contribution < -0.4 is 4.74 Å². The molecule has 3 aromatic rings. The largest absolute Gasteiger partial charge is 0.423 e. The number of hydrogen-bond acceptors (Lipinski definition) is 3. The second-order valence-electron chi connectivity index (χ2n) is 5.49. The molecule has 0 aliphatic heterocycles. The summed E-state index contributed by atoms with van der Waals surface area (Å²) >= 11 is 0. The van der Waals surface area contributed by atoms with Gasteiger partial charge in [0.05, 0.1) is 12.2 Å². The van der Waals surface area contributed by atoms with E-state index in [9.17, 15) is 9.90 Å². The molecular weight excluding hydrogens is 312 g/mol. The van der Waals surface area contributed by atoms with Crippen molar-refractivity contribution in [3.63, 3.8) is 0 Å². The van der Waals surface area contributed by atoms with Crippen LogP contribution in [0.4, 0.5) is 0 Å². The van der Waals surface area contributed by atoms with E-state index >= 15 is 0 Å². The highest BCUT2D eigenvalue weighted by atomic mass is 16.5. The predicted octanol–water partition coefficient (Wildman–Crippen LogP) is 4.33. The molecule has 0 spiro atoms. The molecule has 0 aliphatic carbocycles. The van der Waals surface area contributed by atoms with E-state index in [4.69, 9.17) is 4.74 Å². The van der Waals surface area contributed by atoms with Crippen LogP contribution in [0.2, 0.25) is 0 Å². The van der Waals surface area contributed by atoms with Crippen LogP contribution in [0.5, 0.6) is 5.75 Å². The highest BCUT2D eigenvalue weighted by molar-refractivity contribution is 6.22. The lowest BCUT2D eigenvalue weighted by molar-refractivity contribution is -0.127. The Labute approximate surface area is 146 Å². The van der Waals surface area contributed by atoms with Crippen molar-refractivity contribution in [1.29, 1.82) is 0 Å². The molecule has 0 aliphatic rings. The number of para-hydroxylation sites is 1. The number of carbonyl (C=O) groups excluding carboxylic acids is 1. The third-order valence-corrected chi connectivity index (χ3v) is 3.76. The van der Waals surface area contributed by atoms with Crippen molar-refractivity contribution in [2.75, 3.05) is 0 Å². The van der Waals surface area contributed by atoms with Crippen LogP contribution in [0.15, 0.2) is 84.9 Å². The molecule has 0 unspecified atom stereocenters. The van der Waals surface area contributed by atoms with Crippen LogP contribution >= 0.6 is 0 Å². The van der Waals surface area contributed by atoms with Gasteiger partial charge in [-0.3, -0.25) is 0 Å². The Kier molecular flexibility index (Phi) is 5.39. The molecule has 0 fully saturated rings. The second kappa shape index (κ2) is 8.08. The maximum Gasteiger partial charge on any atom is 0.344 e. The molecule has 0 heterocycles. The molecule has 0 saturated carbocycles. The first kappa shape index (κ1) is 16.7. The lowest BCUT2D eigenvalue weighted by atomic mass is 10.0. The third kappa shape index (κ3) is 4.22. The first-order valence-electron chi connectivity index (χ1n) is 8.01. The molecule has 25 heavy (non-hydrogen) atoms. The Bertz CT molecular complexity index is 868. The average Bonchev–Trinajstić information content (AvgIpc) is 2.68. The van der Waals surface area contributed by atoms with Gasteiger partial charge in [-0.2, -0.15) is 0 Å². The number of aliphatic hydroxyl groups excluding tert-OH is 1. The summed E-state index contributed by atoms with van der Waals surface area (Å²) in [6.07, 6.45) is 1.80. The summed E-state index contributed by atoms with van der Waals surface area (Å²) in [4.78, 5) is 12.8. The second-order valence-corrected chi connectivity index (χ2v) is 5.49. The third-order valence-electron chi connectivity index (χ3n) is 3.76. The van der Waals surface area contributed by atoms with Crippen LogP contribution in [-0.4, -0.2) is 11.1 Å². The van der Waals surface area contributed by atoms with E-state index in [0.29, 0.717) is 16.9 Å². The van der Waals surface area contributed by atoms with Gasteiger partial charge in [0, 0.05) is 5.56 Å². The van der Waals surface area contributed by atoms with E-state index in [1.807, 2.05) is 60.7 Å². The van der Waals surface area contributed by atoms with E-state index in [0.717, 1.165) is 11.1 Å². The minimum atomic E-state index is -0.462. The Morgan fingerprint density at radius 3 is 2.12 bits per heavy atom. The van der Waals surface area contributed by atoms with Gasteiger partial charge in [-0.1, -0.05) is 78.9 Å². The standard InChI is InChI=1S/C22H18O3/c23-16-19-13-7-8-14-21(19)25-22(24)20(18-11-5-2-6-12-18)15-17-9-3-1-4-10-17/h1-15,23H,16H2. The van der Waals surface area contributed by atoms with E-state index in [-0.39, 0.29) is 6.61 Å². The van der Waals surface area contributed by atoms with Crippen LogP contribution in [0, 0.1) is 0 Å². The number of benzene rings is 3. The molecule has 0 amide bonds. The normalized spacial score (nSPS) is 11.2. The maximum atomic E-state index is 12.8. The zero-order chi connectivity index (χ0) is 17.5. The van der Waals surface area contributed by atoms with E-state index in [1.165, 1.54) is 0 Å². The highest BCUT2D eigenvalue weighted by Crippen LogP contribution is 2.24. The van der Waals surface area contributed by atoms with Gasteiger partial charge in [-0.05, 0) is 23.3 Å². The number of aliphatic hydroxyl groups is 1. The minimum Gasteiger partial charge on any atom is -0.423 e. The monoisotopic (exact) mass is 330 g/mol. The van der Waals surface area contributed by atoms with Gasteiger partial charge in [-0.15, -0.1) is 0 Å². The van der Waals surface area contributed by atoms with Gasteiger partial charge in [-0.25, -0.2) is 4.79 Å². The van der Waals surface area contributed by atoms with Crippen LogP contribution in [0.3, 0.4) is 0 Å². The van der Waals surface area contributed by atoms with Crippen LogP contribution in [0.25, 0.3) is 11.6 Å². The molecule has 0 saturated heterocycles. The summed E-state index contributed by atoms with van der Waals surface area (Å²) in [7, 11) is 0. The molecule has 124 valence electrons. The van der Waals surface area contributed by atoms with E-state index in [2.05, 4.69) is 0 Å². The topological polar surface area (TPSA) is 46.5 Å². The molecule has 3 heteroatoms. The van der Waals surface area contributed by atoms with Crippen molar-refractivity contribution >= 4 is 17.6 Å². The SMILES string of the molecule is O=C(Oc1ccccc1CO)C(=Cc1ccccc1)c1ccccc1. The van der Waals surface area contributed by atoms with Gasteiger partial charge in [0.2, 0.25) is 0 Å². The van der Waals surface area contributed by atoms with E-state index < -0.39 is 5.97 Å². The molecular formula is C22H18O3. The van der Waals surface area contributed by atoms with Gasteiger partial charge in [0.25, 0.3) is 0 Å². The molecule has 0 radical (unpaired) electrons. The number of ether oxygens (including phenoxy) is 1. The van der Waals surface area contributed by atoms with Crippen molar-refractivity contribution < 1.29 is 14.6 Å². The summed E-state index contributed by atoms with van der Waals surface area (Å²) in [5, 5.41) is 9.42. The zero-order valence-corrected chi connectivity index (χ0v) is 13.6. The predicted molar refractivity (Wildman–Crippen MR) is 98.8 cm³/mol. The van der Waals surface area contributed by atoms with Gasteiger partial charge < -0.3 is 9.84 Å². The van der Waals surface area contributed by atoms with Crippen molar-refractivity contribution in [1.82, 2.24) is 0 Å². The summed E-state index contributed by atoms with van der Waals surface area (Å²) in [5.74, 6) is -0.0964. The molecule has 0 atom stereocenters. The lowest BCUT2D eigenvalue weighted by Gasteiger charge is -2.11. The fourth-order valence-electron chi connectivity index (χ4n) is 2.48. The summed E-state index contributed by atoms with van der Waals surface area (Å²) in [6, 6.07) is 26.0. The first-order valence-corrected chi connectivity index (χ1v) is 8.01. The van der Waals surface area contributed by atoms with Gasteiger partial charge in [0.15, 0.2) is 0 Å². The number of carbonyl (C=O) groups is 1. The quantitative estimate of drug-likeness (QED) is 0.328. The molecule has 0 aromatic heterocycles. The zero-order valence-electron chi connectivity index (χ0n) is 13.6. The Morgan fingerprint density at radius 2 is 1.44 bits per heavy atom. The summed E-state index contributed by atoms with van der Waals surface area (Å²) in [5.41, 5.74) is 2.72. The van der Waals surface area contributed by atoms with Crippen molar-refractivity contribution in [3.05, 3.63) is 102 Å². The Balaban J connectivity index is 1.97. The smallest absolute Gasteiger partial charge is 0.344 e. The van der Waals surface area contributed by atoms with Crippen molar-refractivity contribution in [3.8, 4) is 5.75 Å². The number of hydrogen-bond donors (Lipinski definition) is 1. The fraction of sp³-hybridized carbons (Fsp3) is 0.0455. The summed E-state index contributed by atoms with van der Waals surface area (Å²) < 4.78 is 5.56. The van der Waals surface area contributed by atoms with Crippen LogP contribution in [0.1, 0.15) is 16.7 Å². The summed E-state index contributed by atoms with van der Waals surface area (Å²) in [6.45, 7) is -0.188. The Morgan fingerprint density at radius 1 is 0.840 bits per heavy atom. The number of esters is 1. The molecule has 3 nitrogen and oxygen atoms in total. The Hall–Kier alpha value is -3.17. The molecule has 3 aromatic carbocycles. The molecule has 0 bridgehead atoms. The van der Waals surface area contributed by atoms with E-state index in [1.54, 1.807) is 30.3 Å². The molecule has 3 rings (SSSR count). The fourth-order valence-corrected chi connectivity index (χ4v) is 2.48. The maximum absolute atomic E-state index is 12.8.